The first-order valence-electron chi connectivity index (χ1n) is 5.58. The molecule has 1 aromatic carbocycles. The van der Waals surface area contributed by atoms with Crippen molar-refractivity contribution in [1.82, 2.24) is 5.32 Å². The molecule has 0 saturated heterocycles. The SMILES string of the molecule is CCC(C)(NCc1cccc(C)c1)C(N)=O. The van der Waals surface area contributed by atoms with Crippen LogP contribution in [0, 0.1) is 6.92 Å². The third kappa shape index (κ3) is 3.07. The second kappa shape index (κ2) is 5.12. The summed E-state index contributed by atoms with van der Waals surface area (Å²) in [5, 5.41) is 3.21. The molecule has 3 N–H and O–H groups in total. The number of hydrogen-bond donors (Lipinski definition) is 2. The predicted octanol–water partition coefficient (Wildman–Crippen LogP) is 1.74. The fourth-order valence-corrected chi connectivity index (χ4v) is 1.51. The Morgan fingerprint density at radius 3 is 2.69 bits per heavy atom. The summed E-state index contributed by atoms with van der Waals surface area (Å²) in [6, 6.07) is 8.21. The highest BCUT2D eigenvalue weighted by Gasteiger charge is 2.27. The molecule has 0 radical (unpaired) electrons. The van der Waals surface area contributed by atoms with Crippen LogP contribution in [0.15, 0.2) is 24.3 Å². The maximum atomic E-state index is 11.3. The molecule has 0 heterocycles. The van der Waals surface area contributed by atoms with E-state index in [0.717, 1.165) is 0 Å². The number of primary amides is 1. The van der Waals surface area contributed by atoms with Crippen molar-refractivity contribution in [2.45, 2.75) is 39.3 Å². The van der Waals surface area contributed by atoms with Gasteiger partial charge in [0.1, 0.15) is 0 Å². The molecule has 16 heavy (non-hydrogen) atoms. The maximum Gasteiger partial charge on any atom is 0.237 e. The average Bonchev–Trinajstić information content (AvgIpc) is 2.26. The van der Waals surface area contributed by atoms with Gasteiger partial charge in [0.25, 0.3) is 0 Å². The zero-order chi connectivity index (χ0) is 12.2. The van der Waals surface area contributed by atoms with E-state index >= 15 is 0 Å². The van der Waals surface area contributed by atoms with Gasteiger partial charge in [0.05, 0.1) is 5.54 Å². The molecule has 3 nitrogen and oxygen atoms in total. The first-order chi connectivity index (χ1) is 7.48. The summed E-state index contributed by atoms with van der Waals surface area (Å²) in [5.74, 6) is -0.303. The van der Waals surface area contributed by atoms with E-state index in [0.29, 0.717) is 13.0 Å². The van der Waals surface area contributed by atoms with E-state index in [1.807, 2.05) is 26.0 Å². The molecule has 0 aliphatic heterocycles. The first kappa shape index (κ1) is 12.7. The number of carbonyl (C=O) groups is 1. The summed E-state index contributed by atoms with van der Waals surface area (Å²) in [6.45, 7) is 6.50. The van der Waals surface area contributed by atoms with Crippen LogP contribution in [-0.4, -0.2) is 11.4 Å². The van der Waals surface area contributed by atoms with Crippen LogP contribution in [0.5, 0.6) is 0 Å². The molecule has 0 bridgehead atoms. The minimum Gasteiger partial charge on any atom is -0.368 e. The normalized spacial score (nSPS) is 14.4. The second-order valence-corrected chi connectivity index (χ2v) is 4.39. The zero-order valence-electron chi connectivity index (χ0n) is 10.2. The van der Waals surface area contributed by atoms with Crippen LogP contribution in [0.25, 0.3) is 0 Å². The summed E-state index contributed by atoms with van der Waals surface area (Å²) in [7, 11) is 0. The topological polar surface area (TPSA) is 55.1 Å². The summed E-state index contributed by atoms with van der Waals surface area (Å²) < 4.78 is 0. The summed E-state index contributed by atoms with van der Waals surface area (Å²) >= 11 is 0. The molecular formula is C13H20N2O. The summed E-state index contributed by atoms with van der Waals surface area (Å²) in [4.78, 5) is 11.3. The van der Waals surface area contributed by atoms with Gasteiger partial charge >= 0.3 is 0 Å². The van der Waals surface area contributed by atoms with Gasteiger partial charge in [-0.1, -0.05) is 36.8 Å². The predicted molar refractivity (Wildman–Crippen MR) is 65.9 cm³/mol. The summed E-state index contributed by atoms with van der Waals surface area (Å²) in [6.07, 6.45) is 0.689. The van der Waals surface area contributed by atoms with Crippen molar-refractivity contribution in [3.8, 4) is 0 Å². The Morgan fingerprint density at radius 1 is 1.50 bits per heavy atom. The lowest BCUT2D eigenvalue weighted by Gasteiger charge is -2.26. The van der Waals surface area contributed by atoms with Gasteiger partial charge in [-0.05, 0) is 25.8 Å². The highest BCUT2D eigenvalue weighted by molar-refractivity contribution is 5.84. The van der Waals surface area contributed by atoms with Gasteiger partial charge in [-0.15, -0.1) is 0 Å². The standard InChI is InChI=1S/C13H20N2O/c1-4-13(3,12(14)16)15-9-11-7-5-6-10(2)8-11/h5-8,15H,4,9H2,1-3H3,(H2,14,16). The maximum absolute atomic E-state index is 11.3. The second-order valence-electron chi connectivity index (χ2n) is 4.39. The molecule has 1 amide bonds. The smallest absolute Gasteiger partial charge is 0.237 e. The van der Waals surface area contributed by atoms with Crippen molar-refractivity contribution in [2.75, 3.05) is 0 Å². The van der Waals surface area contributed by atoms with Gasteiger partial charge in [-0.2, -0.15) is 0 Å². The fourth-order valence-electron chi connectivity index (χ4n) is 1.51. The van der Waals surface area contributed by atoms with E-state index < -0.39 is 5.54 Å². The van der Waals surface area contributed by atoms with Gasteiger partial charge in [0.2, 0.25) is 5.91 Å². The highest BCUT2D eigenvalue weighted by atomic mass is 16.1. The molecule has 1 unspecified atom stereocenters. The molecule has 0 spiro atoms. The van der Waals surface area contributed by atoms with Crippen LogP contribution in [0.4, 0.5) is 0 Å². The Labute approximate surface area is 97.0 Å². The molecule has 0 fully saturated rings. The minimum absolute atomic E-state index is 0.303. The van der Waals surface area contributed by atoms with Crippen LogP contribution in [0.2, 0.25) is 0 Å². The molecular weight excluding hydrogens is 200 g/mol. The quantitative estimate of drug-likeness (QED) is 0.794. The zero-order valence-corrected chi connectivity index (χ0v) is 10.2. The van der Waals surface area contributed by atoms with Crippen molar-refractivity contribution in [1.29, 1.82) is 0 Å². The monoisotopic (exact) mass is 220 g/mol. The lowest BCUT2D eigenvalue weighted by atomic mass is 9.97. The van der Waals surface area contributed by atoms with Crippen molar-refractivity contribution in [2.24, 2.45) is 5.73 Å². The van der Waals surface area contributed by atoms with Gasteiger partial charge < -0.3 is 5.73 Å². The number of rotatable bonds is 5. The van der Waals surface area contributed by atoms with E-state index in [4.69, 9.17) is 5.73 Å². The Kier molecular flexibility index (Phi) is 4.07. The molecule has 0 aliphatic rings. The number of aryl methyl sites for hydroxylation is 1. The van der Waals surface area contributed by atoms with Gasteiger partial charge in [-0.25, -0.2) is 0 Å². The molecule has 1 aromatic rings. The van der Waals surface area contributed by atoms with Crippen molar-refractivity contribution in [3.05, 3.63) is 35.4 Å². The molecule has 3 heteroatoms. The van der Waals surface area contributed by atoms with Gasteiger partial charge in [0, 0.05) is 6.54 Å². The highest BCUT2D eigenvalue weighted by Crippen LogP contribution is 2.11. The van der Waals surface area contributed by atoms with Crippen molar-refractivity contribution < 1.29 is 4.79 Å². The number of nitrogens with two attached hydrogens (primary N) is 1. The van der Waals surface area contributed by atoms with Crippen molar-refractivity contribution >= 4 is 5.91 Å². The number of hydrogen-bond acceptors (Lipinski definition) is 2. The average molecular weight is 220 g/mol. The summed E-state index contributed by atoms with van der Waals surface area (Å²) in [5.41, 5.74) is 7.14. The molecule has 0 saturated carbocycles. The minimum atomic E-state index is -0.621. The number of nitrogens with one attached hydrogen (secondary N) is 1. The number of carbonyl (C=O) groups excluding carboxylic acids is 1. The third-order valence-corrected chi connectivity index (χ3v) is 3.02. The molecule has 1 atom stereocenters. The van der Waals surface area contributed by atoms with E-state index in [1.54, 1.807) is 0 Å². The Balaban J connectivity index is 2.66. The lowest BCUT2D eigenvalue weighted by molar-refractivity contribution is -0.124. The first-order valence-corrected chi connectivity index (χ1v) is 5.58. The molecule has 1 rings (SSSR count). The molecule has 88 valence electrons. The van der Waals surface area contributed by atoms with Crippen LogP contribution in [0.1, 0.15) is 31.4 Å². The van der Waals surface area contributed by atoms with E-state index in [-0.39, 0.29) is 5.91 Å². The van der Waals surface area contributed by atoms with Crippen LogP contribution in [0.3, 0.4) is 0 Å². The largest absolute Gasteiger partial charge is 0.368 e. The molecule has 0 aliphatic carbocycles. The van der Waals surface area contributed by atoms with Crippen LogP contribution in [-0.2, 0) is 11.3 Å². The van der Waals surface area contributed by atoms with E-state index in [2.05, 4.69) is 24.4 Å². The van der Waals surface area contributed by atoms with Crippen LogP contribution < -0.4 is 11.1 Å². The van der Waals surface area contributed by atoms with E-state index in [9.17, 15) is 4.79 Å². The number of benzene rings is 1. The van der Waals surface area contributed by atoms with Gasteiger partial charge in [0.15, 0.2) is 0 Å². The van der Waals surface area contributed by atoms with Gasteiger partial charge in [-0.3, -0.25) is 10.1 Å². The lowest BCUT2D eigenvalue weighted by Crippen LogP contribution is -2.52. The van der Waals surface area contributed by atoms with Crippen molar-refractivity contribution in [3.63, 3.8) is 0 Å². The van der Waals surface area contributed by atoms with Crippen LogP contribution >= 0.6 is 0 Å². The molecule has 0 aromatic heterocycles. The Bertz CT molecular complexity index is 376. The number of amides is 1. The third-order valence-electron chi connectivity index (χ3n) is 3.02. The Hall–Kier alpha value is -1.35. The Morgan fingerprint density at radius 2 is 2.19 bits per heavy atom. The fraction of sp³-hybridized carbons (Fsp3) is 0.462. The van der Waals surface area contributed by atoms with E-state index in [1.165, 1.54) is 11.1 Å².